The first-order chi connectivity index (χ1) is 14.2. The number of aromatic nitrogens is 6. The van der Waals surface area contributed by atoms with E-state index >= 15 is 0 Å². The Labute approximate surface area is 165 Å². The molecule has 5 rings (SSSR count). The summed E-state index contributed by atoms with van der Waals surface area (Å²) in [5, 5.41) is 13.1. The Morgan fingerprint density at radius 3 is 2.62 bits per heavy atom. The van der Waals surface area contributed by atoms with E-state index in [1.807, 2.05) is 0 Å². The van der Waals surface area contributed by atoms with Gasteiger partial charge >= 0.3 is 0 Å². The fourth-order valence-electron chi connectivity index (χ4n) is 4.07. The highest BCUT2D eigenvalue weighted by Gasteiger charge is 2.23. The molecule has 0 aliphatic heterocycles. The molecule has 148 valence electrons. The maximum absolute atomic E-state index is 13.4. The Morgan fingerprint density at radius 1 is 1.14 bits per heavy atom. The van der Waals surface area contributed by atoms with E-state index in [0.717, 1.165) is 31.2 Å². The minimum atomic E-state index is -0.329. The van der Waals surface area contributed by atoms with E-state index in [0.29, 0.717) is 22.6 Å². The normalized spacial score (nSPS) is 15.0. The zero-order valence-corrected chi connectivity index (χ0v) is 15.9. The third kappa shape index (κ3) is 2.89. The quantitative estimate of drug-likeness (QED) is 0.529. The lowest BCUT2D eigenvalue weighted by molar-refractivity contribution is 0.181. The van der Waals surface area contributed by atoms with Gasteiger partial charge in [0.2, 0.25) is 0 Å². The van der Waals surface area contributed by atoms with Gasteiger partial charge in [0.25, 0.3) is 5.56 Å². The molecule has 0 radical (unpaired) electrons. The van der Waals surface area contributed by atoms with Crippen molar-refractivity contribution in [3.63, 3.8) is 0 Å². The zero-order valence-electron chi connectivity index (χ0n) is 15.9. The molecule has 0 atom stereocenters. The maximum Gasteiger partial charge on any atom is 0.283 e. The molecule has 0 bridgehead atoms. The lowest BCUT2D eigenvalue weighted by Gasteiger charge is -2.12. The number of ether oxygens (including phenoxy) is 1. The molecule has 0 spiro atoms. The van der Waals surface area contributed by atoms with Gasteiger partial charge in [-0.25, -0.2) is 9.37 Å². The average molecular weight is 394 g/mol. The number of methoxy groups -OCH3 is 1. The van der Waals surface area contributed by atoms with E-state index in [1.54, 1.807) is 30.1 Å². The number of fused-ring (bicyclic) bond motifs is 3. The van der Waals surface area contributed by atoms with Crippen LogP contribution in [0.4, 0.5) is 4.39 Å². The molecule has 4 aromatic rings. The van der Waals surface area contributed by atoms with Crippen LogP contribution in [-0.4, -0.2) is 36.5 Å². The summed E-state index contributed by atoms with van der Waals surface area (Å²) in [6, 6.07) is 6.23. The standard InChI is InChI=1S/C20H19FN6O2/c1-29-10-15-16(12-6-8-13(21)9-7-12)18-24-23-17-19(27(18)25-15)22-11-26(20(17)28)14-4-2-3-5-14/h6-9,11,14H,2-5,10H2,1H3. The molecule has 0 unspecified atom stereocenters. The van der Waals surface area contributed by atoms with Crippen molar-refractivity contribution in [2.45, 2.75) is 38.3 Å². The van der Waals surface area contributed by atoms with Crippen LogP contribution in [0.3, 0.4) is 0 Å². The Kier molecular flexibility index (Phi) is 4.31. The number of rotatable bonds is 4. The van der Waals surface area contributed by atoms with Crippen molar-refractivity contribution in [1.29, 1.82) is 0 Å². The van der Waals surface area contributed by atoms with Gasteiger partial charge in [-0.1, -0.05) is 25.0 Å². The highest BCUT2D eigenvalue weighted by atomic mass is 19.1. The summed E-state index contributed by atoms with van der Waals surface area (Å²) in [4.78, 5) is 17.5. The predicted octanol–water partition coefficient (Wildman–Crippen LogP) is 2.90. The first kappa shape index (κ1) is 17.9. The minimum absolute atomic E-state index is 0.161. The third-order valence-electron chi connectivity index (χ3n) is 5.46. The van der Waals surface area contributed by atoms with Gasteiger partial charge in [-0.15, -0.1) is 10.2 Å². The molecular formula is C20H19FN6O2. The van der Waals surface area contributed by atoms with Crippen LogP contribution in [0.25, 0.3) is 27.9 Å². The molecule has 0 N–H and O–H groups in total. The topological polar surface area (TPSA) is 87.2 Å². The van der Waals surface area contributed by atoms with E-state index in [2.05, 4.69) is 20.3 Å². The van der Waals surface area contributed by atoms with Gasteiger partial charge in [0.1, 0.15) is 12.1 Å². The van der Waals surface area contributed by atoms with Crippen molar-refractivity contribution in [3.8, 4) is 11.1 Å². The SMILES string of the molecule is COCc1nn2c(nnc3c(=O)n(C4CCCC4)cnc32)c1-c1ccc(F)cc1. The Hall–Kier alpha value is -3.20. The molecule has 29 heavy (non-hydrogen) atoms. The monoisotopic (exact) mass is 394 g/mol. The van der Waals surface area contributed by atoms with Crippen molar-refractivity contribution >= 4 is 16.8 Å². The summed E-state index contributed by atoms with van der Waals surface area (Å²) in [6.07, 6.45) is 5.74. The van der Waals surface area contributed by atoms with Gasteiger partial charge < -0.3 is 4.74 Å². The molecule has 1 fully saturated rings. The fraction of sp³-hybridized carbons (Fsp3) is 0.350. The number of halogens is 1. The Bertz CT molecular complexity index is 1260. The predicted molar refractivity (Wildman–Crippen MR) is 104 cm³/mol. The van der Waals surface area contributed by atoms with Crippen LogP contribution in [0, 0.1) is 5.82 Å². The van der Waals surface area contributed by atoms with Crippen molar-refractivity contribution in [1.82, 2.24) is 29.4 Å². The van der Waals surface area contributed by atoms with E-state index in [1.165, 1.54) is 16.6 Å². The van der Waals surface area contributed by atoms with Crippen molar-refractivity contribution in [2.24, 2.45) is 0 Å². The third-order valence-corrected chi connectivity index (χ3v) is 5.46. The fourth-order valence-corrected chi connectivity index (χ4v) is 4.07. The van der Waals surface area contributed by atoms with Crippen LogP contribution >= 0.6 is 0 Å². The highest BCUT2D eigenvalue weighted by molar-refractivity contribution is 5.83. The second-order valence-corrected chi connectivity index (χ2v) is 7.26. The molecule has 3 aromatic heterocycles. The number of nitrogens with zero attached hydrogens (tertiary/aromatic N) is 6. The molecule has 0 saturated heterocycles. The van der Waals surface area contributed by atoms with Gasteiger partial charge in [0, 0.05) is 13.2 Å². The van der Waals surface area contributed by atoms with Crippen LogP contribution < -0.4 is 5.56 Å². The van der Waals surface area contributed by atoms with E-state index in [9.17, 15) is 9.18 Å². The summed E-state index contributed by atoms with van der Waals surface area (Å²) >= 11 is 0. The average Bonchev–Trinajstić information content (AvgIpc) is 3.37. The molecule has 0 amide bonds. The molecular weight excluding hydrogens is 375 g/mol. The summed E-state index contributed by atoms with van der Waals surface area (Å²) in [6.45, 7) is 0.233. The summed E-state index contributed by atoms with van der Waals surface area (Å²) in [5.41, 5.74) is 2.81. The lowest BCUT2D eigenvalue weighted by atomic mass is 10.1. The smallest absolute Gasteiger partial charge is 0.283 e. The Morgan fingerprint density at radius 2 is 1.90 bits per heavy atom. The van der Waals surface area contributed by atoms with Crippen LogP contribution in [0.5, 0.6) is 0 Å². The van der Waals surface area contributed by atoms with Gasteiger partial charge in [0.15, 0.2) is 16.8 Å². The van der Waals surface area contributed by atoms with Crippen LogP contribution in [0.2, 0.25) is 0 Å². The van der Waals surface area contributed by atoms with Gasteiger partial charge in [-0.2, -0.15) is 9.61 Å². The minimum Gasteiger partial charge on any atom is -0.378 e. The highest BCUT2D eigenvalue weighted by Crippen LogP contribution is 2.30. The zero-order chi connectivity index (χ0) is 20.0. The van der Waals surface area contributed by atoms with Crippen molar-refractivity contribution < 1.29 is 9.13 Å². The molecule has 1 saturated carbocycles. The molecule has 1 aliphatic carbocycles. The van der Waals surface area contributed by atoms with Gasteiger partial charge in [-0.3, -0.25) is 9.36 Å². The molecule has 8 nitrogen and oxygen atoms in total. The Balaban J connectivity index is 1.75. The van der Waals surface area contributed by atoms with E-state index in [4.69, 9.17) is 4.74 Å². The largest absolute Gasteiger partial charge is 0.378 e. The van der Waals surface area contributed by atoms with Crippen LogP contribution in [-0.2, 0) is 11.3 Å². The van der Waals surface area contributed by atoms with Crippen molar-refractivity contribution in [2.75, 3.05) is 7.11 Å². The summed E-state index contributed by atoms with van der Waals surface area (Å²) in [7, 11) is 1.57. The van der Waals surface area contributed by atoms with Gasteiger partial charge in [0.05, 0.1) is 17.9 Å². The molecule has 1 aliphatic rings. The van der Waals surface area contributed by atoms with E-state index in [-0.39, 0.29) is 29.5 Å². The molecule has 1 aromatic carbocycles. The summed E-state index contributed by atoms with van der Waals surface area (Å²) in [5.74, 6) is -0.329. The molecule has 3 heterocycles. The van der Waals surface area contributed by atoms with Crippen LogP contribution in [0.1, 0.15) is 37.4 Å². The lowest BCUT2D eigenvalue weighted by Crippen LogP contribution is -2.25. The van der Waals surface area contributed by atoms with Crippen LogP contribution in [0.15, 0.2) is 35.4 Å². The van der Waals surface area contributed by atoms with Crippen molar-refractivity contribution in [3.05, 3.63) is 52.5 Å². The number of hydrogen-bond acceptors (Lipinski definition) is 6. The van der Waals surface area contributed by atoms with Gasteiger partial charge in [-0.05, 0) is 30.5 Å². The molecule has 9 heteroatoms. The maximum atomic E-state index is 13.4. The first-order valence-corrected chi connectivity index (χ1v) is 9.57. The second kappa shape index (κ2) is 7.00. The second-order valence-electron chi connectivity index (χ2n) is 7.26. The number of hydrogen-bond donors (Lipinski definition) is 0. The van der Waals surface area contributed by atoms with E-state index < -0.39 is 0 Å². The number of benzene rings is 1. The summed E-state index contributed by atoms with van der Waals surface area (Å²) < 4.78 is 21.9. The first-order valence-electron chi connectivity index (χ1n) is 9.57.